The lowest BCUT2D eigenvalue weighted by molar-refractivity contribution is 0.0948. The van der Waals surface area contributed by atoms with E-state index in [2.05, 4.69) is 14.7 Å². The van der Waals surface area contributed by atoms with Crippen LogP contribution in [0.3, 0.4) is 0 Å². The van der Waals surface area contributed by atoms with Crippen LogP contribution in [0.2, 0.25) is 0 Å². The summed E-state index contributed by atoms with van der Waals surface area (Å²) in [5.41, 5.74) is 0.978. The van der Waals surface area contributed by atoms with Gasteiger partial charge in [-0.3, -0.25) is 9.48 Å². The lowest BCUT2D eigenvalue weighted by Crippen LogP contribution is -2.35. The number of aromatic nitrogens is 2. The number of rotatable bonds is 5. The first-order chi connectivity index (χ1) is 12.5. The molecule has 7 nitrogen and oxygen atoms in total. The fourth-order valence-electron chi connectivity index (χ4n) is 3.43. The maximum absolute atomic E-state index is 12.5. The van der Waals surface area contributed by atoms with Crippen molar-refractivity contribution in [2.45, 2.75) is 45.1 Å². The number of carbonyl (C=O) groups excluding carboxylic acids is 2. The Balaban J connectivity index is 1.68. The summed E-state index contributed by atoms with van der Waals surface area (Å²) in [6, 6.07) is 2.38. The lowest BCUT2D eigenvalue weighted by atomic mass is 9.96. The predicted octanol–water partition coefficient (Wildman–Crippen LogP) is 3.34. The second-order valence-electron chi connectivity index (χ2n) is 6.80. The number of hydrogen-bond acceptors (Lipinski definition) is 5. The van der Waals surface area contributed by atoms with Crippen molar-refractivity contribution in [3.05, 3.63) is 16.6 Å². The molecule has 0 spiro atoms. The van der Waals surface area contributed by atoms with Crippen LogP contribution in [0.4, 0.5) is 4.79 Å². The molecule has 0 unspecified atom stereocenters. The molecule has 2 heterocycles. The summed E-state index contributed by atoms with van der Waals surface area (Å²) >= 11 is 1.50. The lowest BCUT2D eigenvalue weighted by Gasteiger charge is -2.22. The van der Waals surface area contributed by atoms with Crippen LogP contribution in [-0.4, -0.2) is 53.9 Å². The first-order valence-corrected chi connectivity index (χ1v) is 9.89. The molecular weight excluding hydrogens is 352 g/mol. The molecule has 2 amide bonds. The summed E-state index contributed by atoms with van der Waals surface area (Å²) < 4.78 is 6.77. The van der Waals surface area contributed by atoms with Crippen molar-refractivity contribution in [2.24, 2.45) is 0 Å². The van der Waals surface area contributed by atoms with Crippen molar-refractivity contribution in [3.8, 4) is 0 Å². The largest absolute Gasteiger partial charge is 0.453 e. The topological polar surface area (TPSA) is 76.5 Å². The second kappa shape index (κ2) is 8.07. The van der Waals surface area contributed by atoms with E-state index < -0.39 is 6.09 Å². The molecule has 0 saturated heterocycles. The zero-order chi connectivity index (χ0) is 18.7. The summed E-state index contributed by atoms with van der Waals surface area (Å²) in [6.07, 6.45) is 5.71. The highest BCUT2D eigenvalue weighted by atomic mass is 32.1. The number of nitrogens with one attached hydrogen (secondary N) is 1. The summed E-state index contributed by atoms with van der Waals surface area (Å²) in [5, 5.41) is 8.66. The number of fused-ring (bicyclic) bond motifs is 1. The monoisotopic (exact) mass is 378 g/mol. The number of amides is 2. The van der Waals surface area contributed by atoms with Gasteiger partial charge in [-0.15, -0.1) is 11.3 Å². The number of methoxy groups -OCH3 is 1. The Morgan fingerprint density at radius 3 is 2.81 bits per heavy atom. The minimum atomic E-state index is -0.413. The van der Waals surface area contributed by atoms with Crippen LogP contribution in [0, 0.1) is 6.92 Å². The van der Waals surface area contributed by atoms with Crippen molar-refractivity contribution in [1.29, 1.82) is 0 Å². The van der Waals surface area contributed by atoms with Crippen molar-refractivity contribution in [3.63, 3.8) is 0 Å². The normalized spacial score (nSPS) is 15.2. The Morgan fingerprint density at radius 2 is 2.12 bits per heavy atom. The molecule has 26 heavy (non-hydrogen) atoms. The average molecular weight is 378 g/mol. The minimum absolute atomic E-state index is 0.112. The Kier molecular flexibility index (Phi) is 5.80. The molecule has 8 heteroatoms. The molecule has 0 aliphatic heterocycles. The van der Waals surface area contributed by atoms with Gasteiger partial charge in [-0.1, -0.05) is 19.3 Å². The third kappa shape index (κ3) is 3.85. The second-order valence-corrected chi connectivity index (χ2v) is 7.83. The maximum Gasteiger partial charge on any atom is 0.409 e. The van der Waals surface area contributed by atoms with Gasteiger partial charge in [0.05, 0.1) is 23.7 Å². The van der Waals surface area contributed by atoms with E-state index in [9.17, 15) is 9.59 Å². The zero-order valence-electron chi connectivity index (χ0n) is 15.6. The first kappa shape index (κ1) is 18.7. The summed E-state index contributed by atoms with van der Waals surface area (Å²) in [6.45, 7) is 2.78. The van der Waals surface area contributed by atoms with Gasteiger partial charge in [-0.25, -0.2) is 4.79 Å². The molecule has 0 atom stereocenters. The number of nitrogens with zero attached hydrogens (tertiary/aromatic N) is 3. The number of aryl methyl sites for hydroxylation is 1. The van der Waals surface area contributed by atoms with Crippen molar-refractivity contribution in [2.75, 3.05) is 27.2 Å². The van der Waals surface area contributed by atoms with Crippen molar-refractivity contribution >= 4 is 33.6 Å². The van der Waals surface area contributed by atoms with Crippen LogP contribution < -0.4 is 5.32 Å². The maximum atomic E-state index is 12.5. The van der Waals surface area contributed by atoms with Gasteiger partial charge in [0.25, 0.3) is 5.91 Å². The van der Waals surface area contributed by atoms with E-state index >= 15 is 0 Å². The average Bonchev–Trinajstić information content (AvgIpc) is 3.22. The van der Waals surface area contributed by atoms with Crippen molar-refractivity contribution in [1.82, 2.24) is 20.0 Å². The predicted molar refractivity (Wildman–Crippen MR) is 102 cm³/mol. The smallest absolute Gasteiger partial charge is 0.409 e. The van der Waals surface area contributed by atoms with Gasteiger partial charge in [-0.05, 0) is 25.8 Å². The van der Waals surface area contributed by atoms with Crippen LogP contribution in [-0.2, 0) is 4.74 Å². The highest BCUT2D eigenvalue weighted by Gasteiger charge is 2.22. The molecule has 2 aromatic rings. The van der Waals surface area contributed by atoms with E-state index in [1.165, 1.54) is 42.6 Å². The molecule has 1 fully saturated rings. The van der Waals surface area contributed by atoms with E-state index in [1.807, 2.05) is 13.0 Å². The highest BCUT2D eigenvalue weighted by Crippen LogP contribution is 2.35. The zero-order valence-corrected chi connectivity index (χ0v) is 16.4. The van der Waals surface area contributed by atoms with E-state index in [-0.39, 0.29) is 5.91 Å². The molecule has 1 saturated carbocycles. The molecule has 1 N–H and O–H groups in total. The van der Waals surface area contributed by atoms with Gasteiger partial charge < -0.3 is 15.0 Å². The fraction of sp³-hybridized carbons (Fsp3) is 0.611. The van der Waals surface area contributed by atoms with Gasteiger partial charge >= 0.3 is 6.09 Å². The first-order valence-electron chi connectivity index (χ1n) is 9.07. The Morgan fingerprint density at radius 1 is 1.38 bits per heavy atom. The number of thiophene rings is 1. The Bertz CT molecular complexity index is 792. The van der Waals surface area contributed by atoms with E-state index in [0.717, 1.165) is 28.8 Å². The number of ether oxygens (including phenoxy) is 1. The fourth-order valence-corrected chi connectivity index (χ4v) is 4.58. The van der Waals surface area contributed by atoms with Crippen molar-refractivity contribution < 1.29 is 14.3 Å². The van der Waals surface area contributed by atoms with Gasteiger partial charge in [0.2, 0.25) is 0 Å². The molecule has 1 aliphatic carbocycles. The number of likely N-dealkylation sites (N-methyl/N-ethyl adjacent to an activating group) is 1. The van der Waals surface area contributed by atoms with E-state index in [4.69, 9.17) is 5.10 Å². The Hall–Kier alpha value is -2.09. The SMILES string of the molecule is COC(=O)N(C)CCNC(=O)c1cc2c(C)nn(C3CCCCC3)c2s1. The Labute approximate surface area is 157 Å². The number of hydrogen-bond donors (Lipinski definition) is 1. The van der Waals surface area contributed by atoms with Gasteiger partial charge in [-0.2, -0.15) is 5.10 Å². The van der Waals surface area contributed by atoms with Crippen LogP contribution in [0.5, 0.6) is 0 Å². The third-order valence-electron chi connectivity index (χ3n) is 4.93. The molecular formula is C18H26N4O3S. The van der Waals surface area contributed by atoms with Gasteiger partial charge in [0, 0.05) is 25.5 Å². The molecule has 0 bridgehead atoms. The van der Waals surface area contributed by atoms with E-state index in [0.29, 0.717) is 24.0 Å². The van der Waals surface area contributed by atoms with Crippen LogP contribution in [0.1, 0.15) is 53.5 Å². The standard InChI is InChI=1S/C18H26N4O3S/c1-12-14-11-15(16(23)19-9-10-21(2)18(24)25-3)26-17(14)22(20-12)13-7-5-4-6-8-13/h11,13H,4-10H2,1-3H3,(H,19,23). The van der Waals surface area contributed by atoms with Crippen LogP contribution in [0.25, 0.3) is 10.2 Å². The molecule has 3 rings (SSSR count). The minimum Gasteiger partial charge on any atom is -0.453 e. The molecule has 1 aliphatic rings. The third-order valence-corrected chi connectivity index (χ3v) is 6.05. The highest BCUT2D eigenvalue weighted by molar-refractivity contribution is 7.20. The summed E-state index contributed by atoms with van der Waals surface area (Å²) in [7, 11) is 2.98. The quantitative estimate of drug-likeness (QED) is 0.866. The molecule has 0 radical (unpaired) electrons. The summed E-state index contributed by atoms with van der Waals surface area (Å²) in [5.74, 6) is -0.112. The molecule has 142 valence electrons. The van der Waals surface area contributed by atoms with E-state index in [1.54, 1.807) is 7.05 Å². The van der Waals surface area contributed by atoms with Crippen LogP contribution in [0.15, 0.2) is 6.07 Å². The van der Waals surface area contributed by atoms with Gasteiger partial charge in [0.1, 0.15) is 4.83 Å². The van der Waals surface area contributed by atoms with Gasteiger partial charge in [0.15, 0.2) is 0 Å². The van der Waals surface area contributed by atoms with Crippen LogP contribution >= 0.6 is 11.3 Å². The molecule has 0 aromatic carbocycles. The number of carbonyl (C=O) groups is 2. The summed E-state index contributed by atoms with van der Waals surface area (Å²) in [4.78, 5) is 27.0. The molecule has 2 aromatic heterocycles.